The third-order valence-electron chi connectivity index (χ3n) is 5.51. The first-order valence-electron chi connectivity index (χ1n) is 9.16. The molecule has 1 aliphatic rings. The molecule has 0 nitrogen and oxygen atoms in total. The van der Waals surface area contributed by atoms with Crippen molar-refractivity contribution in [2.45, 2.75) is 35.5 Å². The second-order valence-corrected chi connectivity index (χ2v) is 9.11. The van der Waals surface area contributed by atoms with Gasteiger partial charge in [-0.15, -0.1) is 0 Å². The Labute approximate surface area is 177 Å². The predicted molar refractivity (Wildman–Crippen MR) is 108 cm³/mol. The normalized spacial score (nSPS) is 19.7. The molecule has 0 spiro atoms. The summed E-state index contributed by atoms with van der Waals surface area (Å²) in [6.07, 6.45) is 3.61. The van der Waals surface area contributed by atoms with Crippen LogP contribution in [0.15, 0.2) is 30.3 Å². The van der Waals surface area contributed by atoms with E-state index < -0.39 is 45.9 Å². The maximum Gasteiger partial charge on any atom is 0.195 e. The van der Waals surface area contributed by atoms with Crippen molar-refractivity contribution in [3.05, 3.63) is 70.8 Å². The maximum absolute atomic E-state index is 14.8. The lowest BCUT2D eigenvalue weighted by Crippen LogP contribution is -2.13. The molecule has 1 aliphatic carbocycles. The minimum Gasteiger partial charge on any atom is -0.206 e. The van der Waals surface area contributed by atoms with E-state index in [1.165, 1.54) is 12.1 Å². The van der Waals surface area contributed by atoms with Crippen LogP contribution in [0, 0.1) is 34.9 Å². The van der Waals surface area contributed by atoms with E-state index in [0.29, 0.717) is 15.6 Å². The summed E-state index contributed by atoms with van der Waals surface area (Å²) < 4.78 is 85.4. The number of hydrogen-bond acceptors (Lipinski definition) is 0. The zero-order chi connectivity index (χ0) is 20.9. The van der Waals surface area contributed by atoms with Crippen molar-refractivity contribution in [2.24, 2.45) is 0 Å². The average Bonchev–Trinajstić information content (AvgIpc) is 2.65. The molecule has 0 radical (unpaired) electrons. The maximum atomic E-state index is 14.8. The fourth-order valence-electron chi connectivity index (χ4n) is 4.02. The molecule has 0 unspecified atom stereocenters. The molecule has 152 valence electrons. The Hall–Kier alpha value is -1.77. The summed E-state index contributed by atoms with van der Waals surface area (Å²) >= 11 is 2.37. The first kappa shape index (κ1) is 20.5. The van der Waals surface area contributed by atoms with Crippen LogP contribution in [0.3, 0.4) is 0 Å². The van der Waals surface area contributed by atoms with E-state index in [4.69, 9.17) is 0 Å². The second kappa shape index (κ2) is 7.81. The molecule has 0 aromatic heterocycles. The number of fused-ring (bicyclic) bond motifs is 1. The highest BCUT2D eigenvalue weighted by Gasteiger charge is 2.24. The number of benzene rings is 3. The SMILES string of the molecule is Fc1cc2cc(-c3c(F)cc(C4CCC(I)CC4)cc3F)cc(F)c2c(F)c1F. The number of halogens is 7. The van der Waals surface area contributed by atoms with Crippen LogP contribution in [0.2, 0.25) is 0 Å². The van der Waals surface area contributed by atoms with Crippen molar-refractivity contribution < 1.29 is 26.3 Å². The van der Waals surface area contributed by atoms with Gasteiger partial charge in [-0.3, -0.25) is 0 Å². The van der Waals surface area contributed by atoms with Crippen LogP contribution >= 0.6 is 22.6 Å². The fraction of sp³-hybridized carbons (Fsp3) is 0.273. The molecule has 3 aromatic carbocycles. The summed E-state index contributed by atoms with van der Waals surface area (Å²) in [5.41, 5.74) is -0.146. The molecule has 7 heteroatoms. The molecule has 0 saturated heterocycles. The van der Waals surface area contributed by atoms with Crippen molar-refractivity contribution in [1.82, 2.24) is 0 Å². The molecular weight excluding hydrogens is 505 g/mol. The van der Waals surface area contributed by atoms with Crippen molar-refractivity contribution in [2.75, 3.05) is 0 Å². The average molecular weight is 520 g/mol. The van der Waals surface area contributed by atoms with E-state index in [-0.39, 0.29) is 16.9 Å². The molecule has 0 bridgehead atoms. The van der Waals surface area contributed by atoms with Gasteiger partial charge in [0.05, 0.1) is 10.9 Å². The van der Waals surface area contributed by atoms with E-state index in [0.717, 1.165) is 37.8 Å². The van der Waals surface area contributed by atoms with Crippen LogP contribution in [0.5, 0.6) is 0 Å². The summed E-state index contributed by atoms with van der Waals surface area (Å²) in [6, 6.07) is 4.86. The van der Waals surface area contributed by atoms with E-state index in [1.807, 2.05) is 0 Å². The van der Waals surface area contributed by atoms with Crippen LogP contribution < -0.4 is 0 Å². The largest absolute Gasteiger partial charge is 0.206 e. The van der Waals surface area contributed by atoms with Gasteiger partial charge in [-0.2, -0.15) is 0 Å². The molecule has 1 fully saturated rings. The van der Waals surface area contributed by atoms with Crippen LogP contribution in [0.25, 0.3) is 21.9 Å². The zero-order valence-corrected chi connectivity index (χ0v) is 17.2. The molecule has 29 heavy (non-hydrogen) atoms. The molecular formula is C22H15F6I. The van der Waals surface area contributed by atoms with E-state index in [1.54, 1.807) is 0 Å². The summed E-state index contributed by atoms with van der Waals surface area (Å²) in [7, 11) is 0. The van der Waals surface area contributed by atoms with E-state index >= 15 is 0 Å². The molecule has 0 N–H and O–H groups in total. The quantitative estimate of drug-likeness (QED) is 0.140. The Morgan fingerprint density at radius 2 is 1.28 bits per heavy atom. The Morgan fingerprint density at radius 3 is 1.90 bits per heavy atom. The molecule has 0 aliphatic heterocycles. The van der Waals surface area contributed by atoms with Crippen LogP contribution in [0.1, 0.15) is 37.2 Å². The third kappa shape index (κ3) is 3.73. The summed E-state index contributed by atoms with van der Waals surface area (Å²) in [4.78, 5) is 0. The van der Waals surface area contributed by atoms with Crippen molar-refractivity contribution >= 4 is 33.4 Å². The Bertz CT molecular complexity index is 1080. The molecule has 1 saturated carbocycles. The third-order valence-corrected chi connectivity index (χ3v) is 6.75. The smallest absolute Gasteiger partial charge is 0.195 e. The van der Waals surface area contributed by atoms with Crippen molar-refractivity contribution in [3.8, 4) is 11.1 Å². The minimum atomic E-state index is -1.80. The number of rotatable bonds is 2. The van der Waals surface area contributed by atoms with Gasteiger partial charge in [0.25, 0.3) is 0 Å². The van der Waals surface area contributed by atoms with Gasteiger partial charge < -0.3 is 0 Å². The predicted octanol–water partition coefficient (Wildman–Crippen LogP) is 7.80. The van der Waals surface area contributed by atoms with Gasteiger partial charge in [0.15, 0.2) is 17.5 Å². The van der Waals surface area contributed by atoms with Crippen molar-refractivity contribution in [3.63, 3.8) is 0 Å². The summed E-state index contributed by atoms with van der Waals surface area (Å²) in [5, 5.41) is -1.08. The standard InChI is InChI=1S/C22H15F6I/c23-15-6-11(10-1-3-14(29)4-2-10)7-16(24)19(15)12-5-13-9-18(26)21(27)22(28)20(13)17(25)8-12/h5-10,14H,1-4H2. The fourth-order valence-corrected chi connectivity index (χ4v) is 4.74. The van der Waals surface area contributed by atoms with E-state index in [2.05, 4.69) is 22.6 Å². The second-order valence-electron chi connectivity index (χ2n) is 7.35. The van der Waals surface area contributed by atoms with Gasteiger partial charge in [-0.1, -0.05) is 22.6 Å². The topological polar surface area (TPSA) is 0 Å². The molecule has 0 amide bonds. The molecule has 0 heterocycles. The van der Waals surface area contributed by atoms with Crippen molar-refractivity contribution in [1.29, 1.82) is 0 Å². The number of alkyl halides is 1. The lowest BCUT2D eigenvalue weighted by Gasteiger charge is -2.26. The lowest BCUT2D eigenvalue weighted by atomic mass is 9.83. The highest BCUT2D eigenvalue weighted by Crippen LogP contribution is 2.39. The lowest BCUT2D eigenvalue weighted by molar-refractivity contribution is 0.451. The first-order chi connectivity index (χ1) is 13.8. The van der Waals surface area contributed by atoms with Crippen LogP contribution in [-0.4, -0.2) is 3.92 Å². The van der Waals surface area contributed by atoms with Gasteiger partial charge in [0.2, 0.25) is 0 Å². The summed E-state index contributed by atoms with van der Waals surface area (Å²) in [5.74, 6) is -7.90. The Balaban J connectivity index is 1.80. The molecule has 4 rings (SSSR count). The van der Waals surface area contributed by atoms with Gasteiger partial charge in [-0.05, 0) is 78.4 Å². The van der Waals surface area contributed by atoms with Gasteiger partial charge in [-0.25, -0.2) is 26.3 Å². The molecule has 0 atom stereocenters. The number of hydrogen-bond donors (Lipinski definition) is 0. The van der Waals surface area contributed by atoms with Gasteiger partial charge in [0, 0.05) is 3.92 Å². The monoisotopic (exact) mass is 520 g/mol. The van der Waals surface area contributed by atoms with Crippen LogP contribution in [0.4, 0.5) is 26.3 Å². The highest BCUT2D eigenvalue weighted by atomic mass is 127. The Kier molecular flexibility index (Phi) is 5.52. The van der Waals surface area contributed by atoms with E-state index in [9.17, 15) is 26.3 Å². The zero-order valence-electron chi connectivity index (χ0n) is 15.0. The van der Waals surface area contributed by atoms with Crippen LogP contribution in [-0.2, 0) is 0 Å². The van der Waals surface area contributed by atoms with Gasteiger partial charge in [0.1, 0.15) is 17.5 Å². The van der Waals surface area contributed by atoms with Gasteiger partial charge >= 0.3 is 0 Å². The molecule has 3 aromatic rings. The Morgan fingerprint density at radius 1 is 0.655 bits per heavy atom. The summed E-state index contributed by atoms with van der Waals surface area (Å²) in [6.45, 7) is 0. The highest BCUT2D eigenvalue weighted by molar-refractivity contribution is 14.1. The first-order valence-corrected chi connectivity index (χ1v) is 10.4. The minimum absolute atomic E-state index is 0.0542.